The summed E-state index contributed by atoms with van der Waals surface area (Å²) in [7, 11) is 0. The molecule has 1 saturated carbocycles. The molecule has 0 heterocycles. The first kappa shape index (κ1) is 15.8. The van der Waals surface area contributed by atoms with Gasteiger partial charge in [0, 0.05) is 12.5 Å². The summed E-state index contributed by atoms with van der Waals surface area (Å²) in [6, 6.07) is 0. The highest BCUT2D eigenvalue weighted by Gasteiger charge is 2.39. The average molecular weight is 270 g/mol. The number of amides is 2. The second kappa shape index (κ2) is 5.39. The predicted octanol–water partition coefficient (Wildman–Crippen LogP) is 2.06. The van der Waals surface area contributed by atoms with Crippen LogP contribution in [0.15, 0.2) is 0 Å². The van der Waals surface area contributed by atoms with Crippen molar-refractivity contribution >= 4 is 12.0 Å². The minimum atomic E-state index is -0.532. The van der Waals surface area contributed by atoms with E-state index in [2.05, 4.69) is 17.6 Å². The van der Waals surface area contributed by atoms with Crippen molar-refractivity contribution in [2.75, 3.05) is 6.54 Å². The standard InChI is InChI=1S/C14H26N2O3/c1-9-7-10(9)11(17)15-8-14(5,6)16-12(18)19-13(2,3)4/h9-10H,7-8H2,1-6H3,(H,15,17)(H,16,18). The lowest BCUT2D eigenvalue weighted by atomic mass is 10.1. The minimum Gasteiger partial charge on any atom is -0.444 e. The number of carbonyl (C=O) groups excluding carboxylic acids is 2. The highest BCUT2D eigenvalue weighted by atomic mass is 16.6. The minimum absolute atomic E-state index is 0.0755. The van der Waals surface area contributed by atoms with Gasteiger partial charge in [-0.25, -0.2) is 4.79 Å². The molecule has 1 aliphatic rings. The molecule has 110 valence electrons. The molecule has 2 unspecified atom stereocenters. The highest BCUT2D eigenvalue weighted by molar-refractivity contribution is 5.81. The van der Waals surface area contributed by atoms with Crippen LogP contribution in [0.25, 0.3) is 0 Å². The van der Waals surface area contributed by atoms with E-state index in [-0.39, 0.29) is 11.8 Å². The Kier molecular flexibility index (Phi) is 4.48. The molecule has 1 rings (SSSR count). The molecule has 2 amide bonds. The molecule has 5 heteroatoms. The Morgan fingerprint density at radius 3 is 2.16 bits per heavy atom. The van der Waals surface area contributed by atoms with Crippen LogP contribution in [0.1, 0.15) is 48.0 Å². The van der Waals surface area contributed by atoms with Crippen molar-refractivity contribution in [2.24, 2.45) is 11.8 Å². The van der Waals surface area contributed by atoms with Crippen molar-refractivity contribution < 1.29 is 14.3 Å². The third-order valence-electron chi connectivity index (χ3n) is 2.99. The van der Waals surface area contributed by atoms with E-state index >= 15 is 0 Å². The largest absolute Gasteiger partial charge is 0.444 e. The number of alkyl carbamates (subject to hydrolysis) is 1. The Morgan fingerprint density at radius 2 is 1.74 bits per heavy atom. The Labute approximate surface area is 115 Å². The van der Waals surface area contributed by atoms with Gasteiger partial charge in [-0.05, 0) is 47.0 Å². The molecular formula is C14H26N2O3. The van der Waals surface area contributed by atoms with Crippen LogP contribution in [-0.4, -0.2) is 29.7 Å². The van der Waals surface area contributed by atoms with Crippen molar-refractivity contribution in [3.63, 3.8) is 0 Å². The summed E-state index contributed by atoms with van der Waals surface area (Å²) >= 11 is 0. The van der Waals surface area contributed by atoms with E-state index in [0.29, 0.717) is 12.5 Å². The van der Waals surface area contributed by atoms with Gasteiger partial charge in [-0.15, -0.1) is 0 Å². The normalized spacial score (nSPS) is 22.6. The molecule has 0 radical (unpaired) electrons. The quantitative estimate of drug-likeness (QED) is 0.821. The summed E-state index contributed by atoms with van der Waals surface area (Å²) in [6.07, 6.45) is 0.498. The lowest BCUT2D eigenvalue weighted by Crippen LogP contribution is -2.52. The van der Waals surface area contributed by atoms with E-state index in [0.717, 1.165) is 6.42 Å². The first-order valence-electron chi connectivity index (χ1n) is 6.79. The Bertz CT molecular complexity index is 358. The van der Waals surface area contributed by atoms with E-state index in [9.17, 15) is 9.59 Å². The molecule has 0 saturated heterocycles. The number of ether oxygens (including phenoxy) is 1. The molecule has 0 aliphatic heterocycles. The fourth-order valence-electron chi connectivity index (χ4n) is 1.75. The van der Waals surface area contributed by atoms with Gasteiger partial charge in [0.05, 0.1) is 5.54 Å². The van der Waals surface area contributed by atoms with Crippen LogP contribution in [0.4, 0.5) is 4.79 Å². The first-order chi connectivity index (χ1) is 8.50. The van der Waals surface area contributed by atoms with E-state index in [1.165, 1.54) is 0 Å². The second-order valence-corrected chi connectivity index (χ2v) is 7.05. The molecule has 2 N–H and O–H groups in total. The smallest absolute Gasteiger partial charge is 0.408 e. The molecule has 5 nitrogen and oxygen atoms in total. The molecule has 0 aromatic rings. The lowest BCUT2D eigenvalue weighted by molar-refractivity contribution is -0.122. The van der Waals surface area contributed by atoms with Crippen molar-refractivity contribution in [3.8, 4) is 0 Å². The van der Waals surface area contributed by atoms with Crippen molar-refractivity contribution in [3.05, 3.63) is 0 Å². The van der Waals surface area contributed by atoms with E-state index in [1.54, 1.807) is 0 Å². The maximum Gasteiger partial charge on any atom is 0.408 e. The van der Waals surface area contributed by atoms with E-state index in [1.807, 2.05) is 34.6 Å². The molecule has 0 aromatic heterocycles. The van der Waals surface area contributed by atoms with Gasteiger partial charge >= 0.3 is 6.09 Å². The van der Waals surface area contributed by atoms with Crippen LogP contribution in [0.5, 0.6) is 0 Å². The van der Waals surface area contributed by atoms with Gasteiger partial charge in [-0.1, -0.05) is 6.92 Å². The van der Waals surface area contributed by atoms with Crippen LogP contribution < -0.4 is 10.6 Å². The Balaban J connectivity index is 2.34. The zero-order chi connectivity index (χ0) is 14.8. The van der Waals surface area contributed by atoms with E-state index < -0.39 is 17.2 Å². The van der Waals surface area contributed by atoms with Gasteiger partial charge in [0.25, 0.3) is 0 Å². The summed E-state index contributed by atoms with van der Waals surface area (Å²) < 4.78 is 5.19. The summed E-state index contributed by atoms with van der Waals surface area (Å²) in [5.41, 5.74) is -1.05. The molecular weight excluding hydrogens is 244 g/mol. The Hall–Kier alpha value is -1.26. The zero-order valence-corrected chi connectivity index (χ0v) is 12.8. The van der Waals surface area contributed by atoms with Crippen molar-refractivity contribution in [1.82, 2.24) is 10.6 Å². The topological polar surface area (TPSA) is 67.4 Å². The number of rotatable bonds is 4. The maximum atomic E-state index is 11.7. The monoisotopic (exact) mass is 270 g/mol. The van der Waals surface area contributed by atoms with Crippen LogP contribution in [0.3, 0.4) is 0 Å². The molecule has 19 heavy (non-hydrogen) atoms. The average Bonchev–Trinajstić information content (AvgIpc) is 2.88. The van der Waals surface area contributed by atoms with Crippen LogP contribution in [0.2, 0.25) is 0 Å². The van der Waals surface area contributed by atoms with Crippen LogP contribution in [-0.2, 0) is 9.53 Å². The van der Waals surface area contributed by atoms with Gasteiger partial charge < -0.3 is 15.4 Å². The molecule has 1 fully saturated rings. The number of nitrogens with one attached hydrogen (secondary N) is 2. The molecule has 0 bridgehead atoms. The molecule has 2 atom stereocenters. The molecule has 0 spiro atoms. The van der Waals surface area contributed by atoms with Crippen molar-refractivity contribution in [1.29, 1.82) is 0 Å². The second-order valence-electron chi connectivity index (χ2n) is 7.05. The maximum absolute atomic E-state index is 11.7. The summed E-state index contributed by atoms with van der Waals surface area (Å²) in [4.78, 5) is 23.4. The number of hydrogen-bond acceptors (Lipinski definition) is 3. The third kappa shape index (κ3) is 5.94. The summed E-state index contributed by atoms with van der Waals surface area (Å²) in [6.45, 7) is 11.6. The SMILES string of the molecule is CC1CC1C(=O)NCC(C)(C)NC(=O)OC(C)(C)C. The zero-order valence-electron chi connectivity index (χ0n) is 12.8. The van der Waals surface area contributed by atoms with Gasteiger partial charge in [0.15, 0.2) is 0 Å². The van der Waals surface area contributed by atoms with Gasteiger partial charge in [-0.2, -0.15) is 0 Å². The van der Waals surface area contributed by atoms with Crippen LogP contribution >= 0.6 is 0 Å². The summed E-state index contributed by atoms with van der Waals surface area (Å²) in [5, 5.41) is 5.64. The summed E-state index contributed by atoms with van der Waals surface area (Å²) in [5.74, 6) is 0.714. The Morgan fingerprint density at radius 1 is 1.21 bits per heavy atom. The lowest BCUT2D eigenvalue weighted by Gasteiger charge is -2.28. The fraction of sp³-hybridized carbons (Fsp3) is 0.857. The van der Waals surface area contributed by atoms with Crippen LogP contribution in [0, 0.1) is 11.8 Å². The van der Waals surface area contributed by atoms with Gasteiger partial charge in [-0.3, -0.25) is 4.79 Å². The molecule has 1 aliphatic carbocycles. The fourth-order valence-corrected chi connectivity index (χ4v) is 1.75. The third-order valence-corrected chi connectivity index (χ3v) is 2.99. The van der Waals surface area contributed by atoms with E-state index in [4.69, 9.17) is 4.74 Å². The van der Waals surface area contributed by atoms with Gasteiger partial charge in [0.2, 0.25) is 5.91 Å². The van der Waals surface area contributed by atoms with Gasteiger partial charge in [0.1, 0.15) is 5.60 Å². The predicted molar refractivity (Wildman–Crippen MR) is 73.7 cm³/mol. The first-order valence-corrected chi connectivity index (χ1v) is 6.79. The molecule has 0 aromatic carbocycles. The number of carbonyl (C=O) groups is 2. The van der Waals surface area contributed by atoms with Crippen molar-refractivity contribution in [2.45, 2.75) is 59.1 Å². The highest BCUT2D eigenvalue weighted by Crippen LogP contribution is 2.37. The number of hydrogen-bond donors (Lipinski definition) is 2.